The third-order valence-electron chi connectivity index (χ3n) is 3.55. The first-order valence-corrected chi connectivity index (χ1v) is 6.73. The van der Waals surface area contributed by atoms with Gasteiger partial charge < -0.3 is 15.5 Å². The van der Waals surface area contributed by atoms with Crippen LogP contribution in [0.5, 0.6) is 0 Å². The molecule has 1 aromatic carbocycles. The Balaban J connectivity index is 2.34. The first-order chi connectivity index (χ1) is 9.79. The molecule has 2 aromatic rings. The topological polar surface area (TPSA) is 68.3 Å². The normalized spacial score (nSPS) is 12.2. The number of carbonyl (C=O) groups is 1. The number of benzene rings is 1. The Hall–Kier alpha value is -2.30. The molecule has 1 atom stereocenters. The number of nitrogens with one attached hydrogen (secondary N) is 1. The van der Waals surface area contributed by atoms with Crippen LogP contribution in [0.4, 0.5) is 10.1 Å². The van der Waals surface area contributed by atoms with Gasteiger partial charge in [0.15, 0.2) is 0 Å². The Morgan fingerprint density at radius 2 is 1.95 bits per heavy atom. The largest absolute Gasteiger partial charge is 0.466 e. The molecule has 0 fully saturated rings. The van der Waals surface area contributed by atoms with Gasteiger partial charge in [0.05, 0.1) is 6.04 Å². The fourth-order valence-corrected chi connectivity index (χ4v) is 2.36. The van der Waals surface area contributed by atoms with Crippen LogP contribution < -0.4 is 11.1 Å². The predicted molar refractivity (Wildman–Crippen MR) is 79.9 cm³/mol. The van der Waals surface area contributed by atoms with Gasteiger partial charge in [0.25, 0.3) is 0 Å². The predicted octanol–water partition coefficient (Wildman–Crippen LogP) is 3.62. The van der Waals surface area contributed by atoms with Gasteiger partial charge in [-0.05, 0) is 45.9 Å². The Labute approximate surface area is 123 Å². The molecule has 0 saturated carbocycles. The van der Waals surface area contributed by atoms with Gasteiger partial charge in [0.2, 0.25) is 5.91 Å². The summed E-state index contributed by atoms with van der Waals surface area (Å²) in [5.74, 6) is 0.530. The number of rotatable bonds is 4. The monoisotopic (exact) mass is 290 g/mol. The maximum Gasteiger partial charge on any atom is 0.248 e. The zero-order chi connectivity index (χ0) is 15.7. The van der Waals surface area contributed by atoms with E-state index in [1.807, 2.05) is 26.8 Å². The zero-order valence-corrected chi connectivity index (χ0v) is 12.6. The lowest BCUT2D eigenvalue weighted by Crippen LogP contribution is -2.14. The summed E-state index contributed by atoms with van der Waals surface area (Å²) < 4.78 is 19.4. The van der Waals surface area contributed by atoms with Crippen LogP contribution in [-0.4, -0.2) is 5.91 Å². The molecule has 112 valence electrons. The van der Waals surface area contributed by atoms with Gasteiger partial charge in [0, 0.05) is 22.4 Å². The smallest absolute Gasteiger partial charge is 0.248 e. The van der Waals surface area contributed by atoms with Gasteiger partial charge >= 0.3 is 0 Å². The summed E-state index contributed by atoms with van der Waals surface area (Å²) in [7, 11) is 0. The molecular formula is C16H19FN2O2. The number of halogens is 1. The number of hydrogen-bond donors (Lipinski definition) is 2. The SMILES string of the molecule is Cc1cc(C(C)Nc2cc(C(N)=O)cc(F)c2C)c(C)o1. The highest BCUT2D eigenvalue weighted by Gasteiger charge is 2.16. The summed E-state index contributed by atoms with van der Waals surface area (Å²) in [4.78, 5) is 11.2. The molecule has 2 rings (SSSR count). The van der Waals surface area contributed by atoms with E-state index in [-0.39, 0.29) is 11.6 Å². The van der Waals surface area contributed by atoms with Crippen LogP contribution in [-0.2, 0) is 0 Å². The lowest BCUT2D eigenvalue weighted by Gasteiger charge is -2.17. The van der Waals surface area contributed by atoms with Crippen LogP contribution in [0.25, 0.3) is 0 Å². The van der Waals surface area contributed by atoms with Crippen molar-refractivity contribution in [2.45, 2.75) is 33.7 Å². The molecule has 0 saturated heterocycles. The van der Waals surface area contributed by atoms with E-state index in [1.165, 1.54) is 0 Å². The van der Waals surface area contributed by atoms with Crippen LogP contribution in [0.3, 0.4) is 0 Å². The maximum absolute atomic E-state index is 13.9. The summed E-state index contributed by atoms with van der Waals surface area (Å²) in [5.41, 5.74) is 7.37. The molecule has 5 heteroatoms. The molecular weight excluding hydrogens is 271 g/mol. The van der Waals surface area contributed by atoms with Crippen LogP contribution in [0.1, 0.15) is 46.0 Å². The lowest BCUT2D eigenvalue weighted by atomic mass is 10.1. The zero-order valence-electron chi connectivity index (χ0n) is 12.6. The minimum atomic E-state index is -0.653. The maximum atomic E-state index is 13.9. The average Bonchev–Trinajstić information content (AvgIpc) is 2.73. The van der Waals surface area contributed by atoms with Crippen molar-refractivity contribution in [3.63, 3.8) is 0 Å². The van der Waals surface area contributed by atoms with E-state index in [4.69, 9.17) is 10.2 Å². The van der Waals surface area contributed by atoms with E-state index in [2.05, 4.69) is 5.32 Å². The van der Waals surface area contributed by atoms with Crippen LogP contribution in [0.15, 0.2) is 22.6 Å². The molecule has 0 bridgehead atoms. The van der Waals surface area contributed by atoms with Gasteiger partial charge in [-0.25, -0.2) is 4.39 Å². The molecule has 4 nitrogen and oxygen atoms in total. The summed E-state index contributed by atoms with van der Waals surface area (Å²) >= 11 is 0. The van der Waals surface area contributed by atoms with Gasteiger partial charge in [-0.3, -0.25) is 4.79 Å². The van der Waals surface area contributed by atoms with Crippen molar-refractivity contribution in [3.8, 4) is 0 Å². The molecule has 3 N–H and O–H groups in total. The van der Waals surface area contributed by atoms with Crippen LogP contribution >= 0.6 is 0 Å². The second-order valence-corrected chi connectivity index (χ2v) is 5.23. The van der Waals surface area contributed by atoms with E-state index in [0.717, 1.165) is 23.2 Å². The second-order valence-electron chi connectivity index (χ2n) is 5.23. The Kier molecular flexibility index (Phi) is 4.02. The molecule has 0 radical (unpaired) electrons. The van der Waals surface area contributed by atoms with E-state index >= 15 is 0 Å². The number of amides is 1. The number of nitrogens with two attached hydrogens (primary N) is 1. The highest BCUT2D eigenvalue weighted by Crippen LogP contribution is 2.28. The molecule has 0 aliphatic carbocycles. The fraction of sp³-hybridized carbons (Fsp3) is 0.312. The van der Waals surface area contributed by atoms with Crippen LogP contribution in [0.2, 0.25) is 0 Å². The Bertz CT molecular complexity index is 692. The Morgan fingerprint density at radius 3 is 2.48 bits per heavy atom. The van der Waals surface area contributed by atoms with Crippen molar-refractivity contribution in [1.82, 2.24) is 0 Å². The average molecular weight is 290 g/mol. The standard InChI is InChI=1S/C16H19FN2O2/c1-8-5-13(11(4)21-8)10(3)19-15-7-12(16(18)20)6-14(17)9(15)2/h5-7,10,19H,1-4H3,(H2,18,20). The molecule has 1 unspecified atom stereocenters. The van der Waals surface area contributed by atoms with E-state index in [1.54, 1.807) is 13.0 Å². The van der Waals surface area contributed by atoms with Crippen molar-refractivity contribution in [3.05, 3.63) is 52.2 Å². The molecule has 0 spiro atoms. The summed E-state index contributed by atoms with van der Waals surface area (Å²) in [5, 5.41) is 3.21. The first kappa shape index (κ1) is 15.1. The van der Waals surface area contributed by atoms with Crippen molar-refractivity contribution in [2.24, 2.45) is 5.73 Å². The number of primary amides is 1. The number of furan rings is 1. The molecule has 0 aliphatic heterocycles. The van der Waals surface area contributed by atoms with Crippen molar-refractivity contribution in [1.29, 1.82) is 0 Å². The number of hydrogen-bond acceptors (Lipinski definition) is 3. The molecule has 21 heavy (non-hydrogen) atoms. The Morgan fingerprint density at radius 1 is 1.29 bits per heavy atom. The van der Waals surface area contributed by atoms with Crippen LogP contribution in [0, 0.1) is 26.6 Å². The highest BCUT2D eigenvalue weighted by atomic mass is 19.1. The number of aryl methyl sites for hydroxylation is 2. The van der Waals surface area contributed by atoms with Gasteiger partial charge in [-0.1, -0.05) is 0 Å². The van der Waals surface area contributed by atoms with Crippen molar-refractivity contribution < 1.29 is 13.6 Å². The number of carbonyl (C=O) groups excluding carboxylic acids is 1. The summed E-state index contributed by atoms with van der Waals surface area (Å²) in [6.07, 6.45) is 0. The summed E-state index contributed by atoms with van der Waals surface area (Å²) in [6, 6.07) is 4.58. The first-order valence-electron chi connectivity index (χ1n) is 6.73. The van der Waals surface area contributed by atoms with E-state index in [9.17, 15) is 9.18 Å². The quantitative estimate of drug-likeness (QED) is 0.903. The van der Waals surface area contributed by atoms with Gasteiger partial charge in [-0.15, -0.1) is 0 Å². The van der Waals surface area contributed by atoms with Crippen molar-refractivity contribution >= 4 is 11.6 Å². The fourth-order valence-electron chi connectivity index (χ4n) is 2.36. The molecule has 1 heterocycles. The molecule has 1 amide bonds. The number of anilines is 1. The molecule has 0 aliphatic rings. The third kappa shape index (κ3) is 3.07. The van der Waals surface area contributed by atoms with Gasteiger partial charge in [-0.2, -0.15) is 0 Å². The van der Waals surface area contributed by atoms with E-state index < -0.39 is 11.7 Å². The highest BCUT2D eigenvalue weighted by molar-refractivity contribution is 5.94. The van der Waals surface area contributed by atoms with Gasteiger partial charge in [0.1, 0.15) is 17.3 Å². The molecule has 1 aromatic heterocycles. The third-order valence-corrected chi connectivity index (χ3v) is 3.55. The van der Waals surface area contributed by atoms with E-state index in [0.29, 0.717) is 11.3 Å². The minimum Gasteiger partial charge on any atom is -0.466 e. The van der Waals surface area contributed by atoms with Crippen molar-refractivity contribution in [2.75, 3.05) is 5.32 Å². The summed E-state index contributed by atoms with van der Waals surface area (Å²) in [6.45, 7) is 7.36. The second kappa shape index (κ2) is 5.60. The lowest BCUT2D eigenvalue weighted by molar-refractivity contribution is 0.1000. The minimum absolute atomic E-state index is 0.0799.